The van der Waals surface area contributed by atoms with E-state index in [1.54, 1.807) is 12.1 Å². The highest BCUT2D eigenvalue weighted by molar-refractivity contribution is 5.81. The van der Waals surface area contributed by atoms with E-state index in [0.717, 1.165) is 31.9 Å². The smallest absolute Gasteiger partial charge is 0.369 e. The molecular weight excluding hydrogens is 371 g/mol. The molecule has 0 radical (unpaired) electrons. The lowest BCUT2D eigenvalue weighted by Crippen LogP contribution is -2.50. The van der Waals surface area contributed by atoms with E-state index in [2.05, 4.69) is 20.9 Å². The third-order valence-corrected chi connectivity index (χ3v) is 4.70. The van der Waals surface area contributed by atoms with Crippen LogP contribution in [0.5, 0.6) is 0 Å². The van der Waals surface area contributed by atoms with Crippen molar-refractivity contribution < 1.29 is 18.0 Å². The fourth-order valence-electron chi connectivity index (χ4n) is 3.33. The number of halogens is 3. The summed E-state index contributed by atoms with van der Waals surface area (Å²) in [6.07, 6.45) is -4.26. The minimum Gasteiger partial charge on any atom is -0.369 e. The van der Waals surface area contributed by atoms with Crippen LogP contribution in [0.25, 0.3) is 0 Å². The molecule has 1 heterocycles. The molecule has 0 aliphatic carbocycles. The molecule has 6 nitrogen and oxygen atoms in total. The number of benzene rings is 1. The molecule has 5 N–H and O–H groups in total. The van der Waals surface area contributed by atoms with Crippen LogP contribution in [0.3, 0.4) is 0 Å². The Morgan fingerprint density at radius 3 is 2.32 bits per heavy atom. The average molecular weight is 401 g/mol. The number of amides is 1. The molecule has 1 aromatic rings. The number of carbonyl (C=O) groups is 1. The molecule has 0 spiro atoms. The summed E-state index contributed by atoms with van der Waals surface area (Å²) >= 11 is 0. The number of anilines is 1. The van der Waals surface area contributed by atoms with E-state index in [9.17, 15) is 18.0 Å². The van der Waals surface area contributed by atoms with E-state index < -0.39 is 24.2 Å². The van der Waals surface area contributed by atoms with E-state index in [4.69, 9.17) is 5.73 Å². The minimum atomic E-state index is -4.53. The number of nitrogens with one attached hydrogen (secondary N) is 3. The number of piperazine rings is 1. The summed E-state index contributed by atoms with van der Waals surface area (Å²) in [4.78, 5) is 14.3. The molecule has 1 fully saturated rings. The Hall–Kier alpha value is -1.84. The summed E-state index contributed by atoms with van der Waals surface area (Å²) in [5.41, 5.74) is 6.30. The lowest BCUT2D eigenvalue weighted by Gasteiger charge is -2.31. The normalized spacial score (nSPS) is 17.5. The predicted octanol–water partition coefficient (Wildman–Crippen LogP) is 1.74. The summed E-state index contributed by atoms with van der Waals surface area (Å²) in [7, 11) is 0. The highest BCUT2D eigenvalue weighted by Crippen LogP contribution is 2.34. The fraction of sp³-hybridized carbons (Fsp3) is 0.632. The summed E-state index contributed by atoms with van der Waals surface area (Å²) in [6, 6.07) is 3.46. The van der Waals surface area contributed by atoms with E-state index in [-0.39, 0.29) is 24.6 Å². The van der Waals surface area contributed by atoms with Gasteiger partial charge in [-0.05, 0) is 30.0 Å². The van der Waals surface area contributed by atoms with Crippen LogP contribution in [0, 0.1) is 5.92 Å². The van der Waals surface area contributed by atoms with Crippen LogP contribution in [-0.2, 0) is 4.79 Å². The molecule has 1 aliphatic heterocycles. The van der Waals surface area contributed by atoms with Gasteiger partial charge in [0.05, 0.1) is 12.7 Å². The maximum absolute atomic E-state index is 13.8. The highest BCUT2D eigenvalue weighted by Gasteiger charge is 2.42. The van der Waals surface area contributed by atoms with Gasteiger partial charge in [0, 0.05) is 31.9 Å². The maximum atomic E-state index is 13.8. The topological polar surface area (TPSA) is 82.4 Å². The standard InChI is InChI=1S/C19H30F3N5O/c1-13(2)11-16(18(28)25-12-23)26-17(19(20,21)22)14-3-5-15(6-4-14)27-9-7-24-8-10-27/h3-6,13,16-17,24,26H,7-12,23H2,1-2H3,(H,25,28)/t16-,17?/m0/s1. The number of nitrogens with zero attached hydrogens (tertiary/aromatic N) is 1. The first-order chi connectivity index (χ1) is 13.2. The van der Waals surface area contributed by atoms with Gasteiger partial charge in [-0.3, -0.25) is 10.1 Å². The molecule has 1 unspecified atom stereocenters. The van der Waals surface area contributed by atoms with Crippen molar-refractivity contribution in [3.8, 4) is 0 Å². The first kappa shape index (κ1) is 22.4. The van der Waals surface area contributed by atoms with E-state index in [0.29, 0.717) is 0 Å². The zero-order valence-electron chi connectivity index (χ0n) is 16.4. The minimum absolute atomic E-state index is 0.0463. The van der Waals surface area contributed by atoms with Crippen LogP contribution >= 0.6 is 0 Å². The van der Waals surface area contributed by atoms with E-state index >= 15 is 0 Å². The molecule has 0 saturated carbocycles. The largest absolute Gasteiger partial charge is 0.407 e. The van der Waals surface area contributed by atoms with Gasteiger partial charge in [-0.15, -0.1) is 0 Å². The zero-order chi connectivity index (χ0) is 20.7. The zero-order valence-corrected chi connectivity index (χ0v) is 16.4. The third-order valence-electron chi connectivity index (χ3n) is 4.70. The van der Waals surface area contributed by atoms with Crippen molar-refractivity contribution in [3.05, 3.63) is 29.8 Å². The molecule has 1 amide bonds. The van der Waals surface area contributed by atoms with Crippen LogP contribution in [0.4, 0.5) is 18.9 Å². The quantitative estimate of drug-likeness (QED) is 0.499. The van der Waals surface area contributed by atoms with Crippen molar-refractivity contribution in [3.63, 3.8) is 0 Å². The van der Waals surface area contributed by atoms with Gasteiger partial charge in [-0.25, -0.2) is 0 Å². The molecule has 2 atom stereocenters. The molecule has 9 heteroatoms. The summed E-state index contributed by atoms with van der Waals surface area (Å²) in [6.45, 7) is 6.92. The van der Waals surface area contributed by atoms with Crippen molar-refractivity contribution in [2.75, 3.05) is 37.7 Å². The molecule has 28 heavy (non-hydrogen) atoms. The number of hydrogen-bond donors (Lipinski definition) is 4. The second kappa shape index (κ2) is 10.1. The Balaban J connectivity index is 2.20. The molecule has 2 rings (SSSR count). The lowest BCUT2D eigenvalue weighted by atomic mass is 9.99. The SMILES string of the molecule is CC(C)C[C@H](NC(c1ccc(N2CCNCC2)cc1)C(F)(F)F)C(=O)NCN. The Bertz CT molecular complexity index is 615. The predicted molar refractivity (Wildman–Crippen MR) is 104 cm³/mol. The van der Waals surface area contributed by atoms with Gasteiger partial charge in [0.15, 0.2) is 0 Å². The van der Waals surface area contributed by atoms with Gasteiger partial charge >= 0.3 is 6.18 Å². The van der Waals surface area contributed by atoms with Crippen LogP contribution in [0.15, 0.2) is 24.3 Å². The third kappa shape index (κ3) is 6.35. The van der Waals surface area contributed by atoms with Gasteiger partial charge < -0.3 is 21.3 Å². The van der Waals surface area contributed by atoms with E-state index in [1.165, 1.54) is 12.1 Å². The summed E-state index contributed by atoms with van der Waals surface area (Å²) < 4.78 is 41.3. The molecule has 158 valence electrons. The van der Waals surface area contributed by atoms with Crippen molar-refractivity contribution in [1.29, 1.82) is 0 Å². The Kier molecular flexibility index (Phi) is 8.09. The van der Waals surface area contributed by atoms with Gasteiger partial charge in [0.1, 0.15) is 6.04 Å². The number of hydrogen-bond acceptors (Lipinski definition) is 5. The monoisotopic (exact) mass is 401 g/mol. The molecule has 1 saturated heterocycles. The average Bonchev–Trinajstić information content (AvgIpc) is 2.65. The number of alkyl halides is 3. The molecule has 1 aromatic carbocycles. The number of rotatable bonds is 8. The molecule has 1 aliphatic rings. The van der Waals surface area contributed by atoms with Crippen LogP contribution in [0.2, 0.25) is 0 Å². The molecule has 0 aromatic heterocycles. The van der Waals surface area contributed by atoms with E-state index in [1.807, 2.05) is 13.8 Å². The Morgan fingerprint density at radius 2 is 1.82 bits per heavy atom. The van der Waals surface area contributed by atoms with Crippen molar-refractivity contribution in [2.24, 2.45) is 11.7 Å². The first-order valence-electron chi connectivity index (χ1n) is 9.58. The van der Waals surface area contributed by atoms with Gasteiger partial charge in [-0.2, -0.15) is 13.2 Å². The Morgan fingerprint density at radius 1 is 1.21 bits per heavy atom. The second-order valence-electron chi connectivity index (χ2n) is 7.40. The van der Waals surface area contributed by atoms with Crippen LogP contribution < -0.4 is 26.6 Å². The van der Waals surface area contributed by atoms with Gasteiger partial charge in [-0.1, -0.05) is 26.0 Å². The molecular formula is C19H30F3N5O. The number of nitrogens with two attached hydrogens (primary N) is 1. The van der Waals surface area contributed by atoms with Crippen LogP contribution in [-0.4, -0.2) is 51.0 Å². The fourth-order valence-corrected chi connectivity index (χ4v) is 3.33. The summed E-state index contributed by atoms with van der Waals surface area (Å²) in [5.74, 6) is -0.479. The van der Waals surface area contributed by atoms with Crippen LogP contribution in [0.1, 0.15) is 31.9 Å². The van der Waals surface area contributed by atoms with Gasteiger partial charge in [0.2, 0.25) is 5.91 Å². The highest BCUT2D eigenvalue weighted by atomic mass is 19.4. The first-order valence-corrected chi connectivity index (χ1v) is 9.58. The maximum Gasteiger partial charge on any atom is 0.407 e. The second-order valence-corrected chi connectivity index (χ2v) is 7.40. The van der Waals surface area contributed by atoms with Gasteiger partial charge in [0.25, 0.3) is 0 Å². The lowest BCUT2D eigenvalue weighted by molar-refractivity contribution is -0.161. The Labute approximate surface area is 164 Å². The van der Waals surface area contributed by atoms with Crippen molar-refractivity contribution >= 4 is 11.6 Å². The van der Waals surface area contributed by atoms with Crippen molar-refractivity contribution in [1.82, 2.24) is 16.0 Å². The van der Waals surface area contributed by atoms with Crippen molar-refractivity contribution in [2.45, 2.75) is 38.5 Å². The number of carbonyl (C=O) groups excluding carboxylic acids is 1. The molecule has 0 bridgehead atoms. The summed E-state index contributed by atoms with van der Waals surface area (Å²) in [5, 5.41) is 8.16.